The molecule has 1 aliphatic rings. The van der Waals surface area contributed by atoms with Gasteiger partial charge in [0.05, 0.1) is 18.6 Å². The van der Waals surface area contributed by atoms with Gasteiger partial charge < -0.3 is 10.1 Å². The van der Waals surface area contributed by atoms with Crippen molar-refractivity contribution in [3.63, 3.8) is 0 Å². The Hall–Kier alpha value is -2.17. The average Bonchev–Trinajstić information content (AvgIpc) is 2.38. The first kappa shape index (κ1) is 14.2. The van der Waals surface area contributed by atoms with Crippen molar-refractivity contribution in [1.82, 2.24) is 5.32 Å². The van der Waals surface area contributed by atoms with Gasteiger partial charge in [0.15, 0.2) is 0 Å². The number of nitrogens with zero attached hydrogens (tertiary/aromatic N) is 1. The summed E-state index contributed by atoms with van der Waals surface area (Å²) >= 11 is 0. The van der Waals surface area contributed by atoms with E-state index in [9.17, 15) is 9.59 Å². The van der Waals surface area contributed by atoms with Crippen LogP contribution in [0.3, 0.4) is 0 Å². The molecule has 5 nitrogen and oxygen atoms in total. The third kappa shape index (κ3) is 2.87. The summed E-state index contributed by atoms with van der Waals surface area (Å²) in [7, 11) is 0. The number of ether oxygens (including phenoxy) is 1. The van der Waals surface area contributed by atoms with E-state index in [1.165, 1.54) is 6.92 Å². The van der Waals surface area contributed by atoms with Crippen LogP contribution < -0.4 is 10.1 Å². The molecule has 0 spiro atoms. The summed E-state index contributed by atoms with van der Waals surface area (Å²) in [4.78, 5) is 27.2. The highest BCUT2D eigenvalue weighted by molar-refractivity contribution is 6.09. The van der Waals surface area contributed by atoms with E-state index in [1.807, 2.05) is 31.2 Å². The first-order chi connectivity index (χ1) is 9.52. The molecular weight excluding hydrogens is 256 g/mol. The maximum atomic E-state index is 11.8. The Morgan fingerprint density at radius 2 is 2.00 bits per heavy atom. The zero-order valence-electron chi connectivity index (χ0n) is 11.8. The lowest BCUT2D eigenvalue weighted by Crippen LogP contribution is -2.42. The predicted molar refractivity (Wildman–Crippen MR) is 76.2 cm³/mol. The van der Waals surface area contributed by atoms with Gasteiger partial charge in [0.1, 0.15) is 11.5 Å². The summed E-state index contributed by atoms with van der Waals surface area (Å²) in [6.07, 6.45) is 0. The van der Waals surface area contributed by atoms with Gasteiger partial charge in [-0.1, -0.05) is 12.1 Å². The number of amides is 2. The average molecular weight is 274 g/mol. The Kier molecular flexibility index (Phi) is 4.17. The van der Waals surface area contributed by atoms with Crippen molar-refractivity contribution in [3.05, 3.63) is 29.8 Å². The molecule has 1 aromatic rings. The van der Waals surface area contributed by atoms with Gasteiger partial charge in [-0.3, -0.25) is 4.79 Å². The second kappa shape index (κ2) is 5.86. The van der Waals surface area contributed by atoms with Crippen LogP contribution in [-0.2, 0) is 4.79 Å². The Labute approximate surface area is 118 Å². The van der Waals surface area contributed by atoms with Gasteiger partial charge in [-0.25, -0.2) is 9.79 Å². The van der Waals surface area contributed by atoms with Crippen molar-refractivity contribution in [3.8, 4) is 5.75 Å². The number of carbonyl (C=O) groups excluding carboxylic acids is 2. The van der Waals surface area contributed by atoms with Crippen molar-refractivity contribution in [2.75, 3.05) is 6.61 Å². The lowest BCUT2D eigenvalue weighted by atomic mass is 9.85. The van der Waals surface area contributed by atoms with Crippen LogP contribution in [0.5, 0.6) is 5.75 Å². The van der Waals surface area contributed by atoms with Crippen LogP contribution in [0.4, 0.5) is 4.79 Å². The lowest BCUT2D eigenvalue weighted by Gasteiger charge is -2.29. The SMILES string of the molecule is CCOc1ccc(C2NC(=O)N=C(C)C2C(C)=O)cc1. The lowest BCUT2D eigenvalue weighted by molar-refractivity contribution is -0.119. The number of rotatable bonds is 4. The molecule has 1 aromatic carbocycles. The van der Waals surface area contributed by atoms with Gasteiger partial charge >= 0.3 is 6.03 Å². The number of hydrogen-bond acceptors (Lipinski definition) is 3. The van der Waals surface area contributed by atoms with E-state index in [-0.39, 0.29) is 11.8 Å². The molecule has 1 heterocycles. The molecule has 0 aliphatic carbocycles. The Morgan fingerprint density at radius 1 is 1.35 bits per heavy atom. The topological polar surface area (TPSA) is 67.8 Å². The molecule has 0 saturated heterocycles. The fraction of sp³-hybridized carbons (Fsp3) is 0.400. The van der Waals surface area contributed by atoms with Crippen LogP contribution in [0.15, 0.2) is 29.3 Å². The molecule has 20 heavy (non-hydrogen) atoms. The second-order valence-electron chi connectivity index (χ2n) is 4.77. The maximum Gasteiger partial charge on any atom is 0.341 e. The van der Waals surface area contributed by atoms with Gasteiger partial charge in [0.2, 0.25) is 0 Å². The van der Waals surface area contributed by atoms with Crippen molar-refractivity contribution < 1.29 is 14.3 Å². The molecule has 0 fully saturated rings. The van der Waals surface area contributed by atoms with Crippen LogP contribution in [0.2, 0.25) is 0 Å². The van der Waals surface area contributed by atoms with Gasteiger partial charge in [-0.15, -0.1) is 0 Å². The first-order valence-electron chi connectivity index (χ1n) is 6.61. The Morgan fingerprint density at radius 3 is 2.55 bits per heavy atom. The molecule has 1 N–H and O–H groups in total. The van der Waals surface area contributed by atoms with Crippen LogP contribution in [-0.4, -0.2) is 24.1 Å². The molecule has 106 valence electrons. The first-order valence-corrected chi connectivity index (χ1v) is 6.61. The summed E-state index contributed by atoms with van der Waals surface area (Å²) in [6, 6.07) is 6.63. The number of hydrogen-bond donors (Lipinski definition) is 1. The van der Waals surface area contributed by atoms with E-state index in [0.717, 1.165) is 11.3 Å². The molecule has 2 atom stereocenters. The van der Waals surface area contributed by atoms with Gasteiger partial charge in [-0.2, -0.15) is 0 Å². The fourth-order valence-electron chi connectivity index (χ4n) is 2.46. The molecule has 2 amide bonds. The molecule has 2 unspecified atom stereocenters. The zero-order valence-corrected chi connectivity index (χ0v) is 11.8. The number of carbonyl (C=O) groups is 2. The maximum absolute atomic E-state index is 11.8. The second-order valence-corrected chi connectivity index (χ2v) is 4.77. The molecular formula is C15H18N2O3. The van der Waals surface area contributed by atoms with Crippen molar-refractivity contribution in [2.24, 2.45) is 10.9 Å². The third-order valence-corrected chi connectivity index (χ3v) is 3.33. The smallest absolute Gasteiger partial charge is 0.341 e. The highest BCUT2D eigenvalue weighted by Crippen LogP contribution is 2.28. The van der Waals surface area contributed by atoms with Crippen LogP contribution in [0.25, 0.3) is 0 Å². The minimum absolute atomic E-state index is 0.00913. The third-order valence-electron chi connectivity index (χ3n) is 3.33. The highest BCUT2D eigenvalue weighted by Gasteiger charge is 2.34. The Balaban J connectivity index is 2.31. The summed E-state index contributed by atoms with van der Waals surface area (Å²) in [5.41, 5.74) is 1.43. The number of nitrogens with one attached hydrogen (secondary N) is 1. The van der Waals surface area contributed by atoms with Gasteiger partial charge in [0, 0.05) is 5.71 Å². The normalized spacial score (nSPS) is 21.9. The van der Waals surface area contributed by atoms with Crippen LogP contribution in [0, 0.1) is 5.92 Å². The van der Waals surface area contributed by atoms with E-state index >= 15 is 0 Å². The van der Waals surface area contributed by atoms with Crippen molar-refractivity contribution in [1.29, 1.82) is 0 Å². The predicted octanol–water partition coefficient (Wildman–Crippen LogP) is 2.52. The molecule has 0 radical (unpaired) electrons. The molecule has 5 heteroatoms. The number of benzene rings is 1. The summed E-state index contributed by atoms with van der Waals surface area (Å²) in [6.45, 7) is 5.75. The van der Waals surface area contributed by atoms with E-state index in [1.54, 1.807) is 6.92 Å². The summed E-state index contributed by atoms with van der Waals surface area (Å²) < 4.78 is 5.39. The minimum atomic E-state index is -0.411. The number of ketones is 1. The quantitative estimate of drug-likeness (QED) is 0.917. The minimum Gasteiger partial charge on any atom is -0.494 e. The molecule has 2 rings (SSSR count). The number of aliphatic imine (C=N–C) groups is 1. The summed E-state index contributed by atoms with van der Waals surface area (Å²) in [5, 5.41) is 2.76. The van der Waals surface area contributed by atoms with E-state index in [2.05, 4.69) is 10.3 Å². The molecule has 0 aromatic heterocycles. The Bertz CT molecular complexity index is 549. The van der Waals surface area contributed by atoms with Crippen molar-refractivity contribution in [2.45, 2.75) is 26.8 Å². The van der Waals surface area contributed by atoms with Crippen LogP contribution in [0.1, 0.15) is 32.4 Å². The highest BCUT2D eigenvalue weighted by atomic mass is 16.5. The van der Waals surface area contributed by atoms with E-state index in [4.69, 9.17) is 4.74 Å². The standard InChI is InChI=1S/C15H18N2O3/c1-4-20-12-7-5-11(6-8-12)14-13(10(3)18)9(2)16-15(19)17-14/h5-8,13-14H,4H2,1-3H3,(H,17,19). The van der Waals surface area contributed by atoms with Crippen molar-refractivity contribution >= 4 is 17.5 Å². The van der Waals surface area contributed by atoms with E-state index in [0.29, 0.717) is 12.3 Å². The van der Waals surface area contributed by atoms with Gasteiger partial charge in [-0.05, 0) is 38.5 Å². The largest absolute Gasteiger partial charge is 0.494 e. The van der Waals surface area contributed by atoms with E-state index < -0.39 is 11.9 Å². The molecule has 0 saturated carbocycles. The van der Waals surface area contributed by atoms with Crippen LogP contribution >= 0.6 is 0 Å². The van der Waals surface area contributed by atoms with Gasteiger partial charge in [0.25, 0.3) is 0 Å². The molecule has 1 aliphatic heterocycles. The fourth-order valence-corrected chi connectivity index (χ4v) is 2.46. The molecule has 0 bridgehead atoms. The monoisotopic (exact) mass is 274 g/mol. The summed E-state index contributed by atoms with van der Waals surface area (Å²) in [5.74, 6) is 0.346. The zero-order chi connectivity index (χ0) is 14.7. The number of urea groups is 1. The number of Topliss-reactive ketones (excluding diaryl/α,β-unsaturated/α-hetero) is 1.